The van der Waals surface area contributed by atoms with Crippen LogP contribution in [0, 0.1) is 19.7 Å². The molecule has 1 aromatic heterocycles. The smallest absolute Gasteiger partial charge is 0.290 e. The van der Waals surface area contributed by atoms with Crippen molar-refractivity contribution in [3.8, 4) is 17.1 Å². The molecule has 28 heavy (non-hydrogen) atoms. The van der Waals surface area contributed by atoms with Gasteiger partial charge >= 0.3 is 0 Å². The van der Waals surface area contributed by atoms with Gasteiger partial charge in [0.2, 0.25) is 5.82 Å². The number of aryl methyl sites for hydroxylation is 1. The first-order valence-electron chi connectivity index (χ1n) is 9.08. The molecular formula is C21H23FN4O2. The number of hydrogen-bond acceptors (Lipinski definition) is 4. The summed E-state index contributed by atoms with van der Waals surface area (Å²) >= 11 is 0. The fourth-order valence-electron chi connectivity index (χ4n) is 2.82. The summed E-state index contributed by atoms with van der Waals surface area (Å²) in [5.74, 6) is -0.144. The van der Waals surface area contributed by atoms with Crippen molar-refractivity contribution in [1.29, 1.82) is 0 Å². The second kappa shape index (κ2) is 8.75. The van der Waals surface area contributed by atoms with Crippen LogP contribution in [0.3, 0.4) is 0 Å². The van der Waals surface area contributed by atoms with E-state index in [1.807, 2.05) is 32.0 Å². The maximum absolute atomic E-state index is 13.4. The third-order valence-corrected chi connectivity index (χ3v) is 4.53. The van der Waals surface area contributed by atoms with Gasteiger partial charge in [0.15, 0.2) is 5.82 Å². The van der Waals surface area contributed by atoms with Crippen LogP contribution in [0.4, 0.5) is 4.39 Å². The molecule has 0 aliphatic rings. The van der Waals surface area contributed by atoms with Crippen molar-refractivity contribution in [2.24, 2.45) is 0 Å². The molecule has 1 amide bonds. The van der Waals surface area contributed by atoms with E-state index >= 15 is 0 Å². The summed E-state index contributed by atoms with van der Waals surface area (Å²) in [5.41, 5.74) is 3.63. The van der Waals surface area contributed by atoms with Gasteiger partial charge in [0.1, 0.15) is 5.82 Å². The van der Waals surface area contributed by atoms with Gasteiger partial charge in [-0.15, -0.1) is 5.10 Å². The van der Waals surface area contributed by atoms with Crippen LogP contribution in [-0.2, 0) is 4.74 Å². The van der Waals surface area contributed by atoms with E-state index in [1.165, 1.54) is 12.1 Å². The normalized spacial score (nSPS) is 10.9. The van der Waals surface area contributed by atoms with E-state index < -0.39 is 0 Å². The van der Waals surface area contributed by atoms with Crippen molar-refractivity contribution in [1.82, 2.24) is 20.1 Å². The first-order chi connectivity index (χ1) is 13.5. The number of ether oxygens (including phenoxy) is 1. The topological polar surface area (TPSA) is 69.0 Å². The Kier molecular flexibility index (Phi) is 6.16. The maximum atomic E-state index is 13.4. The zero-order chi connectivity index (χ0) is 20.1. The van der Waals surface area contributed by atoms with Crippen LogP contribution in [0.1, 0.15) is 28.2 Å². The summed E-state index contributed by atoms with van der Waals surface area (Å²) in [6.45, 7) is 5.03. The molecule has 0 unspecified atom stereocenters. The van der Waals surface area contributed by atoms with E-state index in [2.05, 4.69) is 15.4 Å². The number of aromatic nitrogens is 3. The van der Waals surface area contributed by atoms with Crippen molar-refractivity contribution < 1.29 is 13.9 Å². The van der Waals surface area contributed by atoms with Gasteiger partial charge in [-0.05, 0) is 61.7 Å². The zero-order valence-corrected chi connectivity index (χ0v) is 16.2. The number of methoxy groups -OCH3 is 1. The summed E-state index contributed by atoms with van der Waals surface area (Å²) in [6.07, 6.45) is 0.699. The first kappa shape index (κ1) is 19.7. The van der Waals surface area contributed by atoms with Crippen LogP contribution in [0.2, 0.25) is 0 Å². The van der Waals surface area contributed by atoms with Crippen LogP contribution < -0.4 is 5.32 Å². The number of nitrogens with zero attached hydrogens (tertiary/aromatic N) is 3. The number of rotatable bonds is 7. The average Bonchev–Trinajstić information content (AvgIpc) is 3.13. The van der Waals surface area contributed by atoms with E-state index in [9.17, 15) is 9.18 Å². The molecule has 0 fully saturated rings. The molecule has 0 radical (unpaired) electrons. The standard InChI is InChI=1S/C21H23FN4O2/c1-14-6-4-7-18(15(14)2)26-20(16-8-10-17(22)11-9-16)24-19(25-26)21(27)23-12-5-13-28-3/h4,6-11H,5,12-13H2,1-3H3,(H,23,27). The number of hydrogen-bond donors (Lipinski definition) is 1. The molecule has 0 atom stereocenters. The first-order valence-corrected chi connectivity index (χ1v) is 9.08. The molecule has 0 spiro atoms. The lowest BCUT2D eigenvalue weighted by molar-refractivity contribution is 0.0938. The summed E-state index contributed by atoms with van der Waals surface area (Å²) in [7, 11) is 1.62. The third-order valence-electron chi connectivity index (χ3n) is 4.53. The van der Waals surface area contributed by atoms with E-state index in [4.69, 9.17) is 4.74 Å². The number of carbonyl (C=O) groups excluding carboxylic acids is 1. The van der Waals surface area contributed by atoms with Gasteiger partial charge in [-0.1, -0.05) is 12.1 Å². The average molecular weight is 382 g/mol. The van der Waals surface area contributed by atoms with Gasteiger partial charge in [0, 0.05) is 25.8 Å². The quantitative estimate of drug-likeness (QED) is 0.636. The molecule has 1 N–H and O–H groups in total. The molecule has 6 nitrogen and oxygen atoms in total. The zero-order valence-electron chi connectivity index (χ0n) is 16.2. The Morgan fingerprint density at radius 1 is 1.18 bits per heavy atom. The molecule has 0 aliphatic carbocycles. The molecule has 7 heteroatoms. The highest BCUT2D eigenvalue weighted by Gasteiger charge is 2.19. The summed E-state index contributed by atoms with van der Waals surface area (Å²) in [6, 6.07) is 11.8. The summed E-state index contributed by atoms with van der Waals surface area (Å²) in [5, 5.41) is 7.24. The van der Waals surface area contributed by atoms with Gasteiger partial charge in [-0.25, -0.2) is 14.1 Å². The summed E-state index contributed by atoms with van der Waals surface area (Å²) in [4.78, 5) is 16.9. The Morgan fingerprint density at radius 2 is 1.93 bits per heavy atom. The molecule has 0 aliphatic heterocycles. The van der Waals surface area contributed by atoms with Crippen LogP contribution in [0.25, 0.3) is 17.1 Å². The van der Waals surface area contributed by atoms with Crippen molar-refractivity contribution in [2.75, 3.05) is 20.3 Å². The van der Waals surface area contributed by atoms with Gasteiger partial charge in [-0.3, -0.25) is 4.79 Å². The van der Waals surface area contributed by atoms with Gasteiger partial charge in [0.05, 0.1) is 5.69 Å². The lowest BCUT2D eigenvalue weighted by Gasteiger charge is -2.11. The fourth-order valence-corrected chi connectivity index (χ4v) is 2.82. The Labute approximate surface area is 163 Å². The predicted octanol–water partition coefficient (Wildman–Crippen LogP) is 3.46. The lowest BCUT2D eigenvalue weighted by atomic mass is 10.1. The van der Waals surface area contributed by atoms with Gasteiger partial charge in [0.25, 0.3) is 5.91 Å². The molecule has 146 valence electrons. The SMILES string of the molecule is COCCCNC(=O)c1nc(-c2ccc(F)cc2)n(-c2cccc(C)c2C)n1. The number of carbonyl (C=O) groups is 1. The van der Waals surface area contributed by atoms with Gasteiger partial charge in [-0.2, -0.15) is 0 Å². The van der Waals surface area contributed by atoms with E-state index in [0.717, 1.165) is 16.8 Å². The molecule has 3 rings (SSSR count). The highest BCUT2D eigenvalue weighted by atomic mass is 19.1. The van der Waals surface area contributed by atoms with Crippen LogP contribution >= 0.6 is 0 Å². The molecule has 0 bridgehead atoms. The maximum Gasteiger partial charge on any atom is 0.290 e. The number of nitrogens with one attached hydrogen (secondary N) is 1. The molecule has 1 heterocycles. The highest BCUT2D eigenvalue weighted by Crippen LogP contribution is 2.24. The molecule has 3 aromatic rings. The third kappa shape index (κ3) is 4.26. The van der Waals surface area contributed by atoms with Crippen LogP contribution in [0.15, 0.2) is 42.5 Å². The Morgan fingerprint density at radius 3 is 2.64 bits per heavy atom. The minimum absolute atomic E-state index is 0.0673. The highest BCUT2D eigenvalue weighted by molar-refractivity contribution is 5.91. The largest absolute Gasteiger partial charge is 0.385 e. The molecule has 0 saturated heterocycles. The van der Waals surface area contributed by atoms with E-state index in [1.54, 1.807) is 23.9 Å². The van der Waals surface area contributed by atoms with Crippen LogP contribution in [0.5, 0.6) is 0 Å². The second-order valence-corrected chi connectivity index (χ2v) is 6.50. The van der Waals surface area contributed by atoms with Crippen LogP contribution in [-0.4, -0.2) is 40.9 Å². The Bertz CT molecular complexity index is 967. The monoisotopic (exact) mass is 382 g/mol. The fraction of sp³-hybridized carbons (Fsp3) is 0.286. The predicted molar refractivity (Wildman–Crippen MR) is 105 cm³/mol. The Hall–Kier alpha value is -3.06. The van der Waals surface area contributed by atoms with Crippen molar-refractivity contribution in [3.05, 3.63) is 65.2 Å². The minimum Gasteiger partial charge on any atom is -0.385 e. The van der Waals surface area contributed by atoms with E-state index in [-0.39, 0.29) is 17.5 Å². The second-order valence-electron chi connectivity index (χ2n) is 6.50. The Balaban J connectivity index is 2.01. The molecule has 0 saturated carbocycles. The summed E-state index contributed by atoms with van der Waals surface area (Å²) < 4.78 is 20.0. The molecule has 2 aromatic carbocycles. The van der Waals surface area contributed by atoms with E-state index in [0.29, 0.717) is 31.0 Å². The van der Waals surface area contributed by atoms with Crippen molar-refractivity contribution >= 4 is 5.91 Å². The number of halogens is 1. The van der Waals surface area contributed by atoms with Crippen molar-refractivity contribution in [2.45, 2.75) is 20.3 Å². The lowest BCUT2D eigenvalue weighted by Crippen LogP contribution is -2.26. The number of benzene rings is 2. The van der Waals surface area contributed by atoms with Crippen molar-refractivity contribution in [3.63, 3.8) is 0 Å². The molecular weight excluding hydrogens is 359 g/mol. The van der Waals surface area contributed by atoms with Gasteiger partial charge < -0.3 is 10.1 Å². The number of amides is 1. The minimum atomic E-state index is -0.358.